The van der Waals surface area contributed by atoms with Crippen LogP contribution in [0.2, 0.25) is 0 Å². The molecule has 2 saturated heterocycles. The van der Waals surface area contributed by atoms with E-state index in [0.29, 0.717) is 45.3 Å². The highest BCUT2D eigenvalue weighted by Gasteiger charge is 2.55. The van der Waals surface area contributed by atoms with E-state index in [2.05, 4.69) is 41.0 Å². The molecule has 3 aliphatic rings. The maximum absolute atomic E-state index is 13.7. The van der Waals surface area contributed by atoms with E-state index in [0.717, 1.165) is 24.9 Å². The molecule has 9 heteroatoms. The van der Waals surface area contributed by atoms with E-state index in [1.807, 2.05) is 0 Å². The van der Waals surface area contributed by atoms with Crippen molar-refractivity contribution in [2.75, 3.05) is 44.2 Å². The van der Waals surface area contributed by atoms with Gasteiger partial charge in [0, 0.05) is 51.0 Å². The Balaban J connectivity index is 1.39. The van der Waals surface area contributed by atoms with Gasteiger partial charge in [-0.25, -0.2) is 13.9 Å². The van der Waals surface area contributed by atoms with Gasteiger partial charge in [-0.2, -0.15) is 4.31 Å². The number of carbonyl (C=O) groups excluding carboxylic acids is 1. The fourth-order valence-electron chi connectivity index (χ4n) is 5.28. The predicted molar refractivity (Wildman–Crippen MR) is 129 cm³/mol. The van der Waals surface area contributed by atoms with Crippen molar-refractivity contribution in [1.29, 1.82) is 0 Å². The van der Waals surface area contributed by atoms with Gasteiger partial charge in [-0.05, 0) is 56.2 Å². The lowest BCUT2D eigenvalue weighted by Crippen LogP contribution is -2.63. The lowest BCUT2D eigenvalue weighted by Gasteiger charge is -2.44. The molecule has 33 heavy (non-hydrogen) atoms. The summed E-state index contributed by atoms with van der Waals surface area (Å²) in [4.78, 5) is 17.2. The second-order valence-corrected chi connectivity index (χ2v) is 12.0. The average molecular weight is 479 g/mol. The number of carbonyl (C=O) groups is 1. The molecule has 2 heterocycles. The first-order chi connectivity index (χ1) is 15.9. The summed E-state index contributed by atoms with van der Waals surface area (Å²) in [5, 5.41) is 9.38. The number of piperidine rings is 1. The van der Waals surface area contributed by atoms with Crippen LogP contribution >= 0.6 is 0 Å². The Hall–Kier alpha value is -1.68. The molecule has 1 aromatic rings. The molecule has 3 fully saturated rings. The van der Waals surface area contributed by atoms with Crippen LogP contribution in [0.1, 0.15) is 57.4 Å². The Morgan fingerprint density at radius 1 is 1.03 bits per heavy atom. The molecular weight excluding hydrogens is 440 g/mol. The Morgan fingerprint density at radius 2 is 1.67 bits per heavy atom. The van der Waals surface area contributed by atoms with Gasteiger partial charge in [-0.1, -0.05) is 31.9 Å². The van der Waals surface area contributed by atoms with Crippen LogP contribution in [0.3, 0.4) is 0 Å². The van der Waals surface area contributed by atoms with Crippen LogP contribution in [0, 0.1) is 0 Å². The minimum absolute atomic E-state index is 0.220. The summed E-state index contributed by atoms with van der Waals surface area (Å²) in [6.07, 6.45) is 7.48. The summed E-state index contributed by atoms with van der Waals surface area (Å²) >= 11 is 0. The maximum Gasteiger partial charge on any atom is 0.266 e. The lowest BCUT2D eigenvalue weighted by molar-refractivity contribution is -0.133. The molecule has 0 bridgehead atoms. The maximum atomic E-state index is 13.7. The third-order valence-electron chi connectivity index (χ3n) is 7.63. The zero-order valence-corrected chi connectivity index (χ0v) is 20.5. The molecule has 0 radical (unpaired) electrons. The average Bonchev–Trinajstić information content (AvgIpc) is 3.70. The monoisotopic (exact) mass is 478 g/mol. The number of hydrogen-bond donors (Lipinski definition) is 2. The summed E-state index contributed by atoms with van der Waals surface area (Å²) in [6.45, 7) is 5.20. The molecule has 0 spiro atoms. The highest BCUT2D eigenvalue weighted by atomic mass is 32.2. The predicted octanol–water partition coefficient (Wildman–Crippen LogP) is 2.37. The number of nitrogens with one attached hydrogen (secondary N) is 1. The van der Waals surface area contributed by atoms with E-state index in [1.54, 1.807) is 5.48 Å². The standard InChI is InChI=1S/C24H38N4O4S/c1-2-3-4-5-20-6-8-21(9-7-20)27-16-18-28(19-17-27)33(31,32)24(23(29)25-30)12-14-26(15-13-24)22-10-11-22/h6-9,22,30H,2-5,10-19H2,1H3,(H,25,29). The number of unbranched alkanes of at least 4 members (excludes halogenated alkanes) is 2. The summed E-state index contributed by atoms with van der Waals surface area (Å²) in [5.74, 6) is -0.793. The quantitative estimate of drug-likeness (QED) is 0.322. The topological polar surface area (TPSA) is 93.2 Å². The van der Waals surface area contributed by atoms with Crippen molar-refractivity contribution in [1.82, 2.24) is 14.7 Å². The molecule has 1 amide bonds. The van der Waals surface area contributed by atoms with Crippen molar-refractivity contribution < 1.29 is 18.4 Å². The number of piperazine rings is 1. The van der Waals surface area contributed by atoms with E-state index in [9.17, 15) is 18.4 Å². The molecule has 1 saturated carbocycles. The Kier molecular flexibility index (Phi) is 7.63. The van der Waals surface area contributed by atoms with Crippen molar-refractivity contribution >= 4 is 21.6 Å². The minimum atomic E-state index is -3.90. The largest absolute Gasteiger partial charge is 0.369 e. The molecule has 1 aliphatic carbocycles. The van der Waals surface area contributed by atoms with Gasteiger partial charge in [-0.15, -0.1) is 0 Å². The molecule has 1 aromatic carbocycles. The third-order valence-corrected chi connectivity index (χ3v) is 10.3. The van der Waals surface area contributed by atoms with E-state index < -0.39 is 20.7 Å². The van der Waals surface area contributed by atoms with Gasteiger partial charge in [0.25, 0.3) is 5.91 Å². The van der Waals surface area contributed by atoms with Gasteiger partial charge in [0.2, 0.25) is 10.0 Å². The number of likely N-dealkylation sites (tertiary alicyclic amines) is 1. The molecule has 0 atom stereocenters. The van der Waals surface area contributed by atoms with E-state index in [4.69, 9.17) is 0 Å². The van der Waals surface area contributed by atoms with Gasteiger partial charge in [0.1, 0.15) is 0 Å². The summed E-state index contributed by atoms with van der Waals surface area (Å²) < 4.78 is 27.2. The van der Waals surface area contributed by atoms with Crippen LogP contribution in [0.25, 0.3) is 0 Å². The normalized spacial score (nSPS) is 22.3. The number of hydroxylamine groups is 1. The zero-order valence-electron chi connectivity index (χ0n) is 19.7. The van der Waals surface area contributed by atoms with Crippen LogP contribution in [0.5, 0.6) is 0 Å². The van der Waals surface area contributed by atoms with Crippen LogP contribution in [0.4, 0.5) is 5.69 Å². The van der Waals surface area contributed by atoms with E-state index >= 15 is 0 Å². The fraction of sp³-hybridized carbons (Fsp3) is 0.708. The van der Waals surface area contributed by atoms with Crippen LogP contribution in [-0.2, 0) is 21.2 Å². The molecule has 2 aliphatic heterocycles. The van der Waals surface area contributed by atoms with Crippen LogP contribution < -0.4 is 10.4 Å². The fourth-order valence-corrected chi connectivity index (χ4v) is 7.40. The van der Waals surface area contributed by atoms with Gasteiger partial charge >= 0.3 is 0 Å². The van der Waals surface area contributed by atoms with Gasteiger partial charge in [-0.3, -0.25) is 10.0 Å². The second-order valence-electron chi connectivity index (χ2n) is 9.72. The first-order valence-electron chi connectivity index (χ1n) is 12.4. The van der Waals surface area contributed by atoms with Gasteiger partial charge < -0.3 is 9.80 Å². The molecule has 2 N–H and O–H groups in total. The summed E-state index contributed by atoms with van der Waals surface area (Å²) in [6, 6.07) is 9.12. The molecule has 0 aromatic heterocycles. The molecule has 184 valence electrons. The highest BCUT2D eigenvalue weighted by Crippen LogP contribution is 2.38. The van der Waals surface area contributed by atoms with Crippen LogP contribution in [0.15, 0.2) is 24.3 Å². The van der Waals surface area contributed by atoms with Crippen molar-refractivity contribution in [3.8, 4) is 0 Å². The Labute approximate surface area is 197 Å². The number of sulfonamides is 1. The highest BCUT2D eigenvalue weighted by molar-refractivity contribution is 7.91. The van der Waals surface area contributed by atoms with Crippen molar-refractivity contribution in [3.63, 3.8) is 0 Å². The van der Waals surface area contributed by atoms with Crippen molar-refractivity contribution in [2.24, 2.45) is 0 Å². The zero-order chi connectivity index (χ0) is 23.5. The molecular formula is C24H38N4O4S. The first kappa shape index (κ1) is 24.4. The number of amides is 1. The van der Waals surface area contributed by atoms with Crippen molar-refractivity contribution in [3.05, 3.63) is 29.8 Å². The summed E-state index contributed by atoms with van der Waals surface area (Å²) in [7, 11) is -3.90. The minimum Gasteiger partial charge on any atom is -0.369 e. The van der Waals surface area contributed by atoms with E-state index in [-0.39, 0.29) is 12.8 Å². The molecule has 4 rings (SSSR count). The third kappa shape index (κ3) is 5.06. The number of anilines is 1. The molecule has 8 nitrogen and oxygen atoms in total. The number of aryl methyl sites for hydroxylation is 1. The van der Waals surface area contributed by atoms with Gasteiger partial charge in [0.15, 0.2) is 4.75 Å². The number of nitrogens with zero attached hydrogens (tertiary/aromatic N) is 3. The smallest absolute Gasteiger partial charge is 0.266 e. The number of hydrogen-bond acceptors (Lipinski definition) is 6. The van der Waals surface area contributed by atoms with Gasteiger partial charge in [0.05, 0.1) is 0 Å². The Bertz CT molecular complexity index is 901. The summed E-state index contributed by atoms with van der Waals surface area (Å²) in [5.41, 5.74) is 4.10. The first-order valence-corrected chi connectivity index (χ1v) is 13.9. The lowest BCUT2D eigenvalue weighted by atomic mass is 9.95. The SMILES string of the molecule is CCCCCc1ccc(N2CCN(S(=O)(=O)C3(C(=O)NO)CCN(C4CC4)CC3)CC2)cc1. The van der Waals surface area contributed by atoms with Crippen molar-refractivity contribution in [2.45, 2.75) is 69.1 Å². The number of benzene rings is 1. The van der Waals surface area contributed by atoms with Crippen LogP contribution in [-0.4, -0.2) is 78.8 Å². The second kappa shape index (κ2) is 10.3. The Morgan fingerprint density at radius 3 is 2.21 bits per heavy atom. The molecule has 0 unspecified atom stereocenters. The number of rotatable bonds is 9. The van der Waals surface area contributed by atoms with E-state index in [1.165, 1.54) is 29.1 Å².